The summed E-state index contributed by atoms with van der Waals surface area (Å²) in [4.78, 5) is 36.1. The summed E-state index contributed by atoms with van der Waals surface area (Å²) in [6, 6.07) is 19.7. The Morgan fingerprint density at radius 1 is 0.846 bits per heavy atom. The summed E-state index contributed by atoms with van der Waals surface area (Å²) >= 11 is 15.0. The van der Waals surface area contributed by atoms with Gasteiger partial charge < -0.3 is 4.74 Å². The monoisotopic (exact) mass is 648 g/mol. The molecule has 0 spiro atoms. The topological polar surface area (TPSA) is 124 Å². The first-order valence-corrected chi connectivity index (χ1v) is 13.8. The first kappa shape index (κ1) is 28.2. The highest BCUT2D eigenvalue weighted by Crippen LogP contribution is 2.34. The van der Waals surface area contributed by atoms with Gasteiger partial charge in [0.15, 0.2) is 0 Å². The highest BCUT2D eigenvalue weighted by atomic mass is 79.9. The van der Waals surface area contributed by atoms with E-state index < -0.39 is 37.4 Å². The van der Waals surface area contributed by atoms with E-state index in [1.165, 1.54) is 72.8 Å². The van der Waals surface area contributed by atoms with Gasteiger partial charge in [-0.2, -0.15) is 4.31 Å². The molecule has 4 aromatic carbocycles. The number of anilines is 1. The second kappa shape index (κ2) is 11.5. The zero-order valence-corrected chi connectivity index (χ0v) is 23.4. The number of esters is 1. The maximum absolute atomic E-state index is 13.7. The predicted molar refractivity (Wildman–Crippen MR) is 149 cm³/mol. The minimum absolute atomic E-state index is 0.0113. The summed E-state index contributed by atoms with van der Waals surface area (Å²) in [5, 5.41) is 12.0. The Morgan fingerprint density at radius 2 is 1.44 bits per heavy atom. The van der Waals surface area contributed by atoms with E-state index in [1.807, 2.05) is 0 Å². The molecule has 0 bridgehead atoms. The quantitative estimate of drug-likeness (QED) is 0.0921. The van der Waals surface area contributed by atoms with Crippen molar-refractivity contribution < 1.29 is 27.7 Å². The van der Waals surface area contributed by atoms with E-state index in [4.69, 9.17) is 27.9 Å². The highest BCUT2D eigenvalue weighted by Gasteiger charge is 2.33. The van der Waals surface area contributed by atoms with Crippen LogP contribution in [-0.4, -0.2) is 25.2 Å². The lowest BCUT2D eigenvalue weighted by atomic mass is 10.2. The first-order valence-electron chi connectivity index (χ1n) is 10.8. The Bertz CT molecular complexity index is 1700. The first-order chi connectivity index (χ1) is 18.5. The van der Waals surface area contributed by atoms with Crippen molar-refractivity contribution in [3.05, 3.63) is 127 Å². The van der Waals surface area contributed by atoms with E-state index in [-0.39, 0.29) is 27.0 Å². The number of hydrogen-bond acceptors (Lipinski definition) is 7. The van der Waals surface area contributed by atoms with Gasteiger partial charge in [0.25, 0.3) is 21.6 Å². The lowest BCUT2D eigenvalue weighted by molar-refractivity contribution is -0.385. The zero-order chi connectivity index (χ0) is 28.3. The summed E-state index contributed by atoms with van der Waals surface area (Å²) in [6.45, 7) is 0. The van der Waals surface area contributed by atoms with Gasteiger partial charge in [0.2, 0.25) is 0 Å². The van der Waals surface area contributed by atoms with E-state index in [1.54, 1.807) is 0 Å². The van der Waals surface area contributed by atoms with Crippen molar-refractivity contribution in [3.8, 4) is 5.75 Å². The fraction of sp³-hybridized carbons (Fsp3) is 0. The largest absolute Gasteiger partial charge is 0.422 e. The Balaban J connectivity index is 1.77. The molecule has 0 radical (unpaired) electrons. The zero-order valence-electron chi connectivity index (χ0n) is 19.5. The molecule has 0 unspecified atom stereocenters. The summed E-state index contributed by atoms with van der Waals surface area (Å²) < 4.78 is 33.5. The lowest BCUT2D eigenvalue weighted by Crippen LogP contribution is -2.37. The molecule has 0 aliphatic carbocycles. The molecule has 0 heterocycles. The molecule has 0 N–H and O–H groups in total. The van der Waals surface area contributed by atoms with Gasteiger partial charge in [-0.3, -0.25) is 14.9 Å². The number of amides is 1. The van der Waals surface area contributed by atoms with Crippen LogP contribution >= 0.6 is 39.1 Å². The van der Waals surface area contributed by atoms with Gasteiger partial charge in [-0.1, -0.05) is 29.3 Å². The van der Waals surface area contributed by atoms with Crippen LogP contribution in [0, 0.1) is 10.1 Å². The van der Waals surface area contributed by atoms with Crippen molar-refractivity contribution in [1.82, 2.24) is 0 Å². The number of nitrogens with zero attached hydrogens (tertiary/aromatic N) is 2. The van der Waals surface area contributed by atoms with Crippen molar-refractivity contribution in [3.63, 3.8) is 0 Å². The number of nitro benzene ring substituents is 1. The van der Waals surface area contributed by atoms with Gasteiger partial charge in [0.1, 0.15) is 5.75 Å². The Kier molecular flexibility index (Phi) is 8.36. The van der Waals surface area contributed by atoms with Crippen molar-refractivity contribution in [2.24, 2.45) is 0 Å². The van der Waals surface area contributed by atoms with Crippen LogP contribution < -0.4 is 9.04 Å². The van der Waals surface area contributed by atoms with Crippen LogP contribution in [0.15, 0.2) is 100 Å². The third-order valence-corrected chi connectivity index (χ3v) is 8.11. The molecule has 0 fully saturated rings. The number of benzene rings is 4. The van der Waals surface area contributed by atoms with Gasteiger partial charge in [0, 0.05) is 27.7 Å². The second-order valence-corrected chi connectivity index (χ2v) is 11.4. The predicted octanol–water partition coefficient (Wildman–Crippen LogP) is 6.92. The van der Waals surface area contributed by atoms with Gasteiger partial charge >= 0.3 is 5.97 Å². The van der Waals surface area contributed by atoms with E-state index in [0.29, 0.717) is 14.4 Å². The van der Waals surface area contributed by atoms with Crippen LogP contribution in [0.1, 0.15) is 20.7 Å². The molecule has 4 aromatic rings. The van der Waals surface area contributed by atoms with Crippen LogP contribution in [0.3, 0.4) is 0 Å². The van der Waals surface area contributed by atoms with Crippen molar-refractivity contribution in [2.45, 2.75) is 4.90 Å². The number of halogens is 3. The molecule has 13 heteroatoms. The van der Waals surface area contributed by atoms with Crippen LogP contribution in [-0.2, 0) is 10.0 Å². The van der Waals surface area contributed by atoms with E-state index in [0.717, 1.165) is 18.2 Å². The van der Waals surface area contributed by atoms with E-state index in [2.05, 4.69) is 15.9 Å². The van der Waals surface area contributed by atoms with Crippen molar-refractivity contribution in [1.29, 1.82) is 0 Å². The molecule has 0 saturated carbocycles. The van der Waals surface area contributed by atoms with Gasteiger partial charge in [0.05, 0.1) is 25.5 Å². The lowest BCUT2D eigenvalue weighted by Gasteiger charge is -2.23. The summed E-state index contributed by atoms with van der Waals surface area (Å²) in [5.41, 5.74) is -0.383. The number of nitro groups is 1. The SMILES string of the molecule is O=C(Oc1ccc(N(C(=O)c2ccc(Cl)cc2)S(=O)(=O)c2cccc([N+](=O)[O-])c2)cc1Br)c1ccc(Cl)cc1. The fourth-order valence-electron chi connectivity index (χ4n) is 3.38. The minimum Gasteiger partial charge on any atom is -0.422 e. The van der Waals surface area contributed by atoms with Gasteiger partial charge in [-0.15, -0.1) is 0 Å². The molecule has 9 nitrogen and oxygen atoms in total. The summed E-state index contributed by atoms with van der Waals surface area (Å²) in [7, 11) is -4.66. The number of ether oxygens (including phenoxy) is 1. The molecule has 0 aromatic heterocycles. The summed E-state index contributed by atoms with van der Waals surface area (Å²) in [6.07, 6.45) is 0. The molecular weight excluding hydrogens is 635 g/mol. The average Bonchev–Trinajstić information content (AvgIpc) is 2.91. The maximum Gasteiger partial charge on any atom is 0.343 e. The number of rotatable bonds is 7. The average molecular weight is 650 g/mol. The number of carbonyl (C=O) groups is 2. The third kappa shape index (κ3) is 6.28. The molecule has 4 rings (SSSR count). The summed E-state index contributed by atoms with van der Waals surface area (Å²) in [5.74, 6) is -1.60. The fourth-order valence-corrected chi connectivity index (χ4v) is 5.53. The molecule has 0 saturated heterocycles. The second-order valence-electron chi connectivity index (χ2n) is 7.85. The van der Waals surface area contributed by atoms with Crippen molar-refractivity contribution >= 4 is 72.4 Å². The van der Waals surface area contributed by atoms with E-state index >= 15 is 0 Å². The molecule has 39 heavy (non-hydrogen) atoms. The molecule has 0 aliphatic heterocycles. The molecule has 0 atom stereocenters. The van der Waals surface area contributed by atoms with E-state index in [9.17, 15) is 28.1 Å². The smallest absolute Gasteiger partial charge is 0.343 e. The highest BCUT2D eigenvalue weighted by molar-refractivity contribution is 9.10. The maximum atomic E-state index is 13.7. The Morgan fingerprint density at radius 3 is 2.00 bits per heavy atom. The standard InChI is InChI=1S/C26H15BrCl2N2O7S/c27-23-15-20(12-13-24(23)38-26(33)17-6-10-19(29)11-7-17)30(25(32)16-4-8-18(28)9-5-16)39(36,37)22-3-1-2-21(14-22)31(34)35/h1-15H. The van der Waals surface area contributed by atoms with Crippen LogP contribution in [0.5, 0.6) is 5.75 Å². The van der Waals surface area contributed by atoms with Crippen molar-refractivity contribution in [2.75, 3.05) is 4.31 Å². The number of sulfonamides is 1. The van der Waals surface area contributed by atoms with Gasteiger partial charge in [-0.25, -0.2) is 13.2 Å². The Labute approximate surface area is 240 Å². The van der Waals surface area contributed by atoms with Gasteiger partial charge in [-0.05, 0) is 88.7 Å². The Hall–Kier alpha value is -3.77. The molecule has 0 aliphatic rings. The number of carbonyl (C=O) groups excluding carboxylic acids is 2. The number of hydrogen-bond donors (Lipinski definition) is 0. The van der Waals surface area contributed by atoms with Crippen LogP contribution in [0.2, 0.25) is 10.0 Å². The van der Waals surface area contributed by atoms with Crippen LogP contribution in [0.25, 0.3) is 0 Å². The molecule has 1 amide bonds. The van der Waals surface area contributed by atoms with Crippen LogP contribution in [0.4, 0.5) is 11.4 Å². The third-order valence-electron chi connectivity index (χ3n) is 5.27. The minimum atomic E-state index is -4.66. The number of non-ortho nitro benzene ring substituents is 1. The molecular formula is C26H15BrCl2N2O7S. The molecule has 198 valence electrons. The normalized spacial score (nSPS) is 11.1.